The highest BCUT2D eigenvalue weighted by Gasteiger charge is 2.31. The predicted octanol–water partition coefficient (Wildman–Crippen LogP) is 2.29. The molecule has 11 heteroatoms. The molecule has 1 aromatic heterocycles. The first kappa shape index (κ1) is 20.8. The quantitative estimate of drug-likeness (QED) is 0.395. The van der Waals surface area contributed by atoms with Crippen molar-refractivity contribution in [3.8, 4) is 0 Å². The summed E-state index contributed by atoms with van der Waals surface area (Å²) in [6.45, 7) is -0.177. The molecule has 27 heavy (non-hydrogen) atoms. The van der Waals surface area contributed by atoms with Crippen LogP contribution in [-0.4, -0.2) is 37.8 Å². The van der Waals surface area contributed by atoms with Gasteiger partial charge in [0.1, 0.15) is 6.73 Å². The Balaban J connectivity index is 1.85. The van der Waals surface area contributed by atoms with E-state index in [1.165, 1.54) is 18.3 Å². The molecule has 2 aromatic rings. The molecular weight excluding hydrogens is 389 g/mol. The van der Waals surface area contributed by atoms with Crippen molar-refractivity contribution in [2.75, 3.05) is 13.3 Å². The molecule has 0 amide bonds. The fraction of sp³-hybridized carbons (Fsp3) is 0.250. The second-order valence-electron chi connectivity index (χ2n) is 5.34. The van der Waals surface area contributed by atoms with E-state index in [2.05, 4.69) is 14.5 Å². The molecule has 0 saturated carbocycles. The van der Waals surface area contributed by atoms with Gasteiger partial charge in [-0.2, -0.15) is 21.6 Å². The zero-order chi connectivity index (χ0) is 20.1. The Morgan fingerprint density at radius 3 is 2.56 bits per heavy atom. The Hall–Kier alpha value is -2.50. The molecule has 0 saturated heterocycles. The van der Waals surface area contributed by atoms with Gasteiger partial charge in [0.25, 0.3) is 10.1 Å². The predicted molar refractivity (Wildman–Crippen MR) is 87.5 cm³/mol. The van der Waals surface area contributed by atoms with Gasteiger partial charge in [0.05, 0.1) is 16.0 Å². The molecule has 1 heterocycles. The Morgan fingerprint density at radius 1 is 1.22 bits per heavy atom. The third-order valence-corrected chi connectivity index (χ3v) is 4.66. The molecule has 0 fully saturated rings. The number of nitrogens with zero attached hydrogens (tertiary/aromatic N) is 1. The largest absolute Gasteiger partial charge is 0.478 e. The van der Waals surface area contributed by atoms with Gasteiger partial charge in [0.2, 0.25) is 0 Å². The SMILES string of the molecule is O=C(O)c1ccc(CCNCOS(=O)(=O)c2cccc(C(F)(F)F)c2)nc1. The first-order valence-corrected chi connectivity index (χ1v) is 8.96. The van der Waals surface area contributed by atoms with Crippen LogP contribution in [0.4, 0.5) is 13.2 Å². The van der Waals surface area contributed by atoms with Gasteiger partial charge in [-0.25, -0.2) is 4.79 Å². The number of aromatic carboxylic acids is 1. The smallest absolute Gasteiger partial charge is 0.416 e. The second-order valence-corrected chi connectivity index (χ2v) is 6.95. The molecule has 0 aliphatic heterocycles. The van der Waals surface area contributed by atoms with Crippen LogP contribution in [0.3, 0.4) is 0 Å². The summed E-state index contributed by atoms with van der Waals surface area (Å²) < 4.78 is 66.5. The summed E-state index contributed by atoms with van der Waals surface area (Å²) in [6.07, 6.45) is -3.09. The van der Waals surface area contributed by atoms with Gasteiger partial charge in [-0.05, 0) is 30.3 Å². The summed E-state index contributed by atoms with van der Waals surface area (Å²) in [4.78, 5) is 14.1. The molecular formula is C16H15F3N2O5S. The molecule has 1 aromatic carbocycles. The maximum absolute atomic E-state index is 12.7. The van der Waals surface area contributed by atoms with Crippen LogP contribution in [-0.2, 0) is 26.9 Å². The number of nitrogens with one attached hydrogen (secondary N) is 1. The third kappa shape index (κ3) is 6.01. The summed E-state index contributed by atoms with van der Waals surface area (Å²) in [6, 6.07) is 6.17. The van der Waals surface area contributed by atoms with E-state index < -0.39 is 39.5 Å². The minimum absolute atomic E-state index is 0.0437. The van der Waals surface area contributed by atoms with Crippen LogP contribution in [0.25, 0.3) is 0 Å². The van der Waals surface area contributed by atoms with Gasteiger partial charge in [-0.3, -0.25) is 14.5 Å². The monoisotopic (exact) mass is 404 g/mol. The first-order valence-electron chi connectivity index (χ1n) is 7.55. The van der Waals surface area contributed by atoms with E-state index in [9.17, 15) is 26.4 Å². The fourth-order valence-corrected chi connectivity index (χ4v) is 2.89. The number of pyridine rings is 1. The normalized spacial score (nSPS) is 12.1. The van der Waals surface area contributed by atoms with Gasteiger partial charge in [-0.1, -0.05) is 6.07 Å². The van der Waals surface area contributed by atoms with E-state index in [0.717, 1.165) is 18.2 Å². The molecule has 0 bridgehead atoms. The molecule has 2 rings (SSSR count). The topological polar surface area (TPSA) is 106 Å². The number of alkyl halides is 3. The number of rotatable bonds is 8. The summed E-state index contributed by atoms with van der Waals surface area (Å²) in [7, 11) is -4.35. The van der Waals surface area contributed by atoms with Crippen molar-refractivity contribution in [2.24, 2.45) is 0 Å². The summed E-state index contributed by atoms with van der Waals surface area (Å²) in [5.74, 6) is -1.10. The highest BCUT2D eigenvalue weighted by atomic mass is 32.2. The summed E-state index contributed by atoms with van der Waals surface area (Å²) >= 11 is 0. The first-order chi connectivity index (χ1) is 12.6. The molecule has 2 N–H and O–H groups in total. The average Bonchev–Trinajstić information content (AvgIpc) is 2.61. The van der Waals surface area contributed by atoms with Crippen molar-refractivity contribution in [1.82, 2.24) is 10.3 Å². The van der Waals surface area contributed by atoms with Gasteiger partial charge in [-0.15, -0.1) is 0 Å². The lowest BCUT2D eigenvalue weighted by Gasteiger charge is -2.10. The Labute approximate surface area is 152 Å². The Kier molecular flexibility index (Phi) is 6.52. The van der Waals surface area contributed by atoms with Gasteiger partial charge >= 0.3 is 12.1 Å². The number of carbonyl (C=O) groups is 1. The average molecular weight is 404 g/mol. The maximum Gasteiger partial charge on any atom is 0.416 e. The van der Waals surface area contributed by atoms with Crippen LogP contribution < -0.4 is 5.32 Å². The van der Waals surface area contributed by atoms with Crippen LogP contribution in [0.5, 0.6) is 0 Å². The van der Waals surface area contributed by atoms with Gasteiger partial charge in [0.15, 0.2) is 0 Å². The number of benzene rings is 1. The Bertz CT molecular complexity index is 899. The lowest BCUT2D eigenvalue weighted by molar-refractivity contribution is -0.137. The van der Waals surface area contributed by atoms with Crippen LogP contribution in [0.1, 0.15) is 21.6 Å². The van der Waals surface area contributed by atoms with Gasteiger partial charge in [0, 0.05) is 24.9 Å². The second kappa shape index (κ2) is 8.46. The molecule has 0 aliphatic carbocycles. The van der Waals surface area contributed by atoms with Crippen molar-refractivity contribution in [2.45, 2.75) is 17.5 Å². The van der Waals surface area contributed by atoms with E-state index >= 15 is 0 Å². The zero-order valence-corrected chi connectivity index (χ0v) is 14.5. The number of halogens is 3. The molecule has 0 unspecified atom stereocenters. The van der Waals surface area contributed by atoms with Crippen molar-refractivity contribution < 1.29 is 35.7 Å². The standard InChI is InChI=1S/C16H15F3N2O5S/c17-16(18,19)12-2-1-3-14(8-12)27(24,25)26-10-20-7-6-13-5-4-11(9-21-13)15(22)23/h1-5,8-9,20H,6-7,10H2,(H,22,23). The van der Waals surface area contributed by atoms with Crippen LogP contribution in [0.15, 0.2) is 47.5 Å². The highest BCUT2D eigenvalue weighted by Crippen LogP contribution is 2.30. The summed E-state index contributed by atoms with van der Waals surface area (Å²) in [5.41, 5.74) is -0.466. The van der Waals surface area contributed by atoms with Crippen LogP contribution in [0, 0.1) is 0 Å². The number of carboxylic acid groups (broad SMARTS) is 1. The lowest BCUT2D eigenvalue weighted by atomic mass is 10.2. The number of carboxylic acids is 1. The van der Waals surface area contributed by atoms with E-state index in [4.69, 9.17) is 5.11 Å². The van der Waals surface area contributed by atoms with E-state index in [0.29, 0.717) is 18.2 Å². The van der Waals surface area contributed by atoms with Crippen molar-refractivity contribution in [1.29, 1.82) is 0 Å². The Morgan fingerprint density at radius 2 is 1.96 bits per heavy atom. The summed E-state index contributed by atoms with van der Waals surface area (Å²) in [5, 5.41) is 11.4. The molecule has 0 radical (unpaired) electrons. The van der Waals surface area contributed by atoms with Crippen molar-refractivity contribution in [3.05, 3.63) is 59.4 Å². The molecule has 146 valence electrons. The maximum atomic E-state index is 12.7. The van der Waals surface area contributed by atoms with Crippen molar-refractivity contribution >= 4 is 16.1 Å². The fourth-order valence-electron chi connectivity index (χ4n) is 2.00. The highest BCUT2D eigenvalue weighted by molar-refractivity contribution is 7.86. The number of hydrogen-bond acceptors (Lipinski definition) is 6. The number of hydrogen-bond donors (Lipinski definition) is 2. The van der Waals surface area contributed by atoms with Crippen LogP contribution in [0.2, 0.25) is 0 Å². The van der Waals surface area contributed by atoms with Crippen molar-refractivity contribution in [3.63, 3.8) is 0 Å². The molecule has 0 aliphatic rings. The van der Waals surface area contributed by atoms with Crippen LogP contribution >= 0.6 is 0 Å². The molecule has 0 spiro atoms. The van der Waals surface area contributed by atoms with E-state index in [1.54, 1.807) is 0 Å². The molecule has 7 nitrogen and oxygen atoms in total. The number of aromatic nitrogens is 1. The molecule has 0 atom stereocenters. The third-order valence-electron chi connectivity index (χ3n) is 3.40. The lowest BCUT2D eigenvalue weighted by Crippen LogP contribution is -2.23. The zero-order valence-electron chi connectivity index (χ0n) is 13.7. The van der Waals surface area contributed by atoms with E-state index in [-0.39, 0.29) is 12.1 Å². The minimum atomic E-state index is -4.66. The van der Waals surface area contributed by atoms with Gasteiger partial charge < -0.3 is 5.11 Å². The van der Waals surface area contributed by atoms with E-state index in [1.807, 2.05) is 0 Å². The minimum Gasteiger partial charge on any atom is -0.478 e.